The molecule has 0 aromatic heterocycles. The molecule has 1 fully saturated rings. The molecule has 2 aromatic rings. The highest BCUT2D eigenvalue weighted by Gasteiger charge is 2.38. The van der Waals surface area contributed by atoms with Crippen molar-refractivity contribution >= 4 is 5.91 Å². The molecule has 1 heterocycles. The highest BCUT2D eigenvalue weighted by molar-refractivity contribution is 5.82. The van der Waals surface area contributed by atoms with E-state index < -0.39 is 11.8 Å². The molecule has 126 valence electrons. The number of carbonyl (C=O) groups is 1. The monoisotopic (exact) mass is 324 g/mol. The van der Waals surface area contributed by atoms with Gasteiger partial charge in [0.1, 0.15) is 5.72 Å². The van der Waals surface area contributed by atoms with Crippen LogP contribution in [0.15, 0.2) is 54.6 Å². The second-order valence-corrected chi connectivity index (χ2v) is 6.66. The summed E-state index contributed by atoms with van der Waals surface area (Å²) in [6.45, 7) is 4.97. The van der Waals surface area contributed by atoms with E-state index in [0.29, 0.717) is 19.6 Å². The normalized spacial score (nSPS) is 17.7. The molecule has 4 nitrogen and oxygen atoms in total. The number of nitrogens with two attached hydrogens (primary N) is 1. The average molecular weight is 324 g/mol. The number of hydrogen-bond acceptors (Lipinski definition) is 3. The predicted molar refractivity (Wildman–Crippen MR) is 95.3 cm³/mol. The molecular weight excluding hydrogens is 300 g/mol. The Labute approximate surface area is 143 Å². The number of ether oxygens (including phenoxy) is 1. The zero-order valence-corrected chi connectivity index (χ0v) is 14.2. The number of benzene rings is 2. The first-order valence-corrected chi connectivity index (χ1v) is 8.33. The smallest absolute Gasteiger partial charge is 0.242 e. The number of carbonyl (C=O) groups excluding carboxylic acids is 1. The Morgan fingerprint density at radius 3 is 2.33 bits per heavy atom. The van der Waals surface area contributed by atoms with Crippen molar-refractivity contribution < 1.29 is 9.53 Å². The fraction of sp³-hybridized carbons (Fsp3) is 0.350. The summed E-state index contributed by atoms with van der Waals surface area (Å²) in [5.41, 5.74) is 8.99. The Kier molecular flexibility index (Phi) is 4.69. The Bertz CT molecular complexity index is 695. The van der Waals surface area contributed by atoms with Gasteiger partial charge < -0.3 is 15.4 Å². The molecule has 0 saturated carbocycles. The Balaban J connectivity index is 1.66. The molecule has 2 N–H and O–H groups in total. The summed E-state index contributed by atoms with van der Waals surface area (Å²) in [6, 6.07) is 17.9. The third-order valence-corrected chi connectivity index (χ3v) is 4.52. The summed E-state index contributed by atoms with van der Waals surface area (Å²) >= 11 is 0. The van der Waals surface area contributed by atoms with Crippen molar-refractivity contribution in [3.8, 4) is 11.1 Å². The largest absolute Gasteiger partial charge is 0.354 e. The van der Waals surface area contributed by atoms with Crippen LogP contribution in [0.3, 0.4) is 0 Å². The van der Waals surface area contributed by atoms with Gasteiger partial charge in [0.05, 0.1) is 12.6 Å². The van der Waals surface area contributed by atoms with Gasteiger partial charge in [0.25, 0.3) is 0 Å². The first-order chi connectivity index (χ1) is 11.5. The van der Waals surface area contributed by atoms with Crippen LogP contribution in [0, 0.1) is 0 Å². The summed E-state index contributed by atoms with van der Waals surface area (Å²) in [5.74, 6) is -0.0513. The molecule has 0 unspecified atom stereocenters. The van der Waals surface area contributed by atoms with Crippen molar-refractivity contribution in [3.63, 3.8) is 0 Å². The van der Waals surface area contributed by atoms with E-state index in [0.717, 1.165) is 11.1 Å². The van der Waals surface area contributed by atoms with Crippen LogP contribution in [0.25, 0.3) is 11.1 Å². The molecule has 1 aliphatic rings. The first-order valence-electron chi connectivity index (χ1n) is 8.33. The highest BCUT2D eigenvalue weighted by atomic mass is 16.5. The van der Waals surface area contributed by atoms with E-state index in [-0.39, 0.29) is 5.91 Å². The van der Waals surface area contributed by atoms with Crippen LogP contribution in [0.4, 0.5) is 0 Å². The molecular formula is C20H24N2O2. The van der Waals surface area contributed by atoms with Crippen molar-refractivity contribution in [2.45, 2.75) is 32.0 Å². The molecule has 1 saturated heterocycles. The van der Waals surface area contributed by atoms with Gasteiger partial charge in [-0.2, -0.15) is 0 Å². The van der Waals surface area contributed by atoms with Gasteiger partial charge >= 0.3 is 0 Å². The SMILES string of the molecule is CC1(C)OCCN1C(=O)[C@@H](N)Cc1ccc(-c2ccccc2)cc1. The second kappa shape index (κ2) is 6.75. The van der Waals surface area contributed by atoms with Gasteiger partial charge in [-0.3, -0.25) is 4.79 Å². The van der Waals surface area contributed by atoms with Gasteiger partial charge in [-0.15, -0.1) is 0 Å². The molecule has 1 atom stereocenters. The van der Waals surface area contributed by atoms with Gasteiger partial charge in [-0.1, -0.05) is 54.6 Å². The first kappa shape index (κ1) is 16.7. The quantitative estimate of drug-likeness (QED) is 0.941. The molecule has 3 rings (SSSR count). The molecule has 0 radical (unpaired) electrons. The molecule has 0 aliphatic carbocycles. The van der Waals surface area contributed by atoms with E-state index >= 15 is 0 Å². The molecule has 0 spiro atoms. The minimum absolute atomic E-state index is 0.0513. The van der Waals surface area contributed by atoms with Gasteiger partial charge in [0, 0.05) is 6.54 Å². The van der Waals surface area contributed by atoms with E-state index in [2.05, 4.69) is 24.3 Å². The van der Waals surface area contributed by atoms with Crippen molar-refractivity contribution in [3.05, 3.63) is 60.2 Å². The summed E-state index contributed by atoms with van der Waals surface area (Å²) < 4.78 is 5.59. The molecule has 2 aromatic carbocycles. The van der Waals surface area contributed by atoms with E-state index in [9.17, 15) is 4.79 Å². The molecule has 1 amide bonds. The summed E-state index contributed by atoms with van der Waals surface area (Å²) in [5, 5.41) is 0. The standard InChI is InChI=1S/C20H24N2O2/c1-20(2)22(12-13-24-20)19(23)18(21)14-15-8-10-17(11-9-15)16-6-4-3-5-7-16/h3-11,18H,12-14,21H2,1-2H3/t18-/m0/s1. The molecule has 24 heavy (non-hydrogen) atoms. The summed E-state index contributed by atoms with van der Waals surface area (Å²) in [7, 11) is 0. The maximum Gasteiger partial charge on any atom is 0.242 e. The van der Waals surface area contributed by atoms with Gasteiger partial charge in [-0.25, -0.2) is 0 Å². The average Bonchev–Trinajstić information content (AvgIpc) is 2.95. The Hall–Kier alpha value is -2.17. The Morgan fingerprint density at radius 1 is 1.12 bits per heavy atom. The minimum Gasteiger partial charge on any atom is -0.354 e. The van der Waals surface area contributed by atoms with Crippen molar-refractivity contribution in [1.29, 1.82) is 0 Å². The third-order valence-electron chi connectivity index (χ3n) is 4.52. The zero-order valence-electron chi connectivity index (χ0n) is 14.2. The van der Waals surface area contributed by atoms with Crippen molar-refractivity contribution in [1.82, 2.24) is 4.90 Å². The lowest BCUT2D eigenvalue weighted by Gasteiger charge is -2.31. The second-order valence-electron chi connectivity index (χ2n) is 6.66. The number of hydrogen-bond donors (Lipinski definition) is 1. The lowest BCUT2D eigenvalue weighted by molar-refractivity contribution is -0.145. The van der Waals surface area contributed by atoms with Crippen LogP contribution in [0.1, 0.15) is 19.4 Å². The third kappa shape index (κ3) is 3.50. The van der Waals surface area contributed by atoms with Gasteiger partial charge in [-0.05, 0) is 37.0 Å². The minimum atomic E-state index is -0.564. The molecule has 1 aliphatic heterocycles. The van der Waals surface area contributed by atoms with E-state index in [4.69, 9.17) is 10.5 Å². The van der Waals surface area contributed by atoms with Crippen molar-refractivity contribution in [2.24, 2.45) is 5.73 Å². The number of amides is 1. The van der Waals surface area contributed by atoms with Gasteiger partial charge in [0.2, 0.25) is 5.91 Å². The van der Waals surface area contributed by atoms with Crippen molar-refractivity contribution in [2.75, 3.05) is 13.2 Å². The van der Waals surface area contributed by atoms with Crippen LogP contribution in [-0.4, -0.2) is 35.7 Å². The van der Waals surface area contributed by atoms with Crippen LogP contribution in [0.5, 0.6) is 0 Å². The Morgan fingerprint density at radius 2 is 1.75 bits per heavy atom. The van der Waals surface area contributed by atoms with Crippen LogP contribution < -0.4 is 5.73 Å². The van der Waals surface area contributed by atoms with Gasteiger partial charge in [0.15, 0.2) is 0 Å². The zero-order chi connectivity index (χ0) is 17.2. The molecule has 4 heteroatoms. The van der Waals surface area contributed by atoms with Crippen LogP contribution in [-0.2, 0) is 16.0 Å². The lowest BCUT2D eigenvalue weighted by Crippen LogP contribution is -2.51. The topological polar surface area (TPSA) is 55.6 Å². The maximum atomic E-state index is 12.6. The fourth-order valence-electron chi connectivity index (χ4n) is 3.11. The van der Waals surface area contributed by atoms with Crippen LogP contribution >= 0.6 is 0 Å². The van der Waals surface area contributed by atoms with Crippen LogP contribution in [0.2, 0.25) is 0 Å². The highest BCUT2D eigenvalue weighted by Crippen LogP contribution is 2.24. The maximum absolute atomic E-state index is 12.6. The lowest BCUT2D eigenvalue weighted by atomic mass is 10.00. The predicted octanol–water partition coefficient (Wildman–Crippen LogP) is 2.82. The summed E-state index contributed by atoms with van der Waals surface area (Å²) in [6.07, 6.45) is 0.528. The van der Waals surface area contributed by atoms with E-state index in [1.165, 1.54) is 5.56 Å². The fourth-order valence-corrected chi connectivity index (χ4v) is 3.11. The molecule has 0 bridgehead atoms. The van der Waals surface area contributed by atoms with E-state index in [1.807, 2.05) is 44.2 Å². The summed E-state index contributed by atoms with van der Waals surface area (Å²) in [4.78, 5) is 14.3. The number of nitrogens with zero attached hydrogens (tertiary/aromatic N) is 1. The number of rotatable bonds is 4. The van der Waals surface area contributed by atoms with E-state index in [1.54, 1.807) is 4.90 Å².